The minimum absolute atomic E-state index is 0.104. The summed E-state index contributed by atoms with van der Waals surface area (Å²) in [6.45, 7) is 3.00. The Hall–Kier alpha value is -2.21. The molecule has 6 nitrogen and oxygen atoms in total. The van der Waals surface area contributed by atoms with Gasteiger partial charge in [0, 0.05) is 19.3 Å². The number of carbonyl (C=O) groups excluding carboxylic acids is 1. The molecule has 0 aromatic carbocycles. The Balaban J connectivity index is 1.78. The van der Waals surface area contributed by atoms with Gasteiger partial charge in [-0.25, -0.2) is 0 Å². The molecule has 1 aliphatic rings. The number of amides is 1. The van der Waals surface area contributed by atoms with Gasteiger partial charge >= 0.3 is 0 Å². The van der Waals surface area contributed by atoms with Crippen molar-refractivity contribution in [3.8, 4) is 11.4 Å². The molecule has 6 heteroatoms. The summed E-state index contributed by atoms with van der Waals surface area (Å²) in [7, 11) is 0. The lowest BCUT2D eigenvalue weighted by Gasteiger charge is -2.10. The topological polar surface area (TPSA) is 77.2 Å². The number of hydrogen-bond acceptors (Lipinski definition) is 5. The molecule has 2 aromatic rings. The van der Waals surface area contributed by atoms with Gasteiger partial charge < -0.3 is 14.6 Å². The fraction of sp³-hybridized carbons (Fsp3) is 0.400. The van der Waals surface area contributed by atoms with E-state index in [1.807, 2.05) is 12.1 Å². The van der Waals surface area contributed by atoms with E-state index in [4.69, 9.17) is 9.26 Å². The molecule has 0 saturated carbocycles. The third-order valence-corrected chi connectivity index (χ3v) is 3.51. The standard InChI is InChI=1S/C15H17N3O3/c1-10-13(15(19)17-9-11-5-4-8-20-11)14(18-21-10)12-6-2-3-7-16-12/h2-3,6-7,11H,4-5,8-9H2,1H3,(H,17,19). The zero-order valence-electron chi connectivity index (χ0n) is 11.8. The quantitative estimate of drug-likeness (QED) is 0.930. The molecule has 3 heterocycles. The van der Waals surface area contributed by atoms with Crippen molar-refractivity contribution >= 4 is 5.91 Å². The largest absolute Gasteiger partial charge is 0.376 e. The van der Waals surface area contributed by atoms with Crippen molar-refractivity contribution in [3.05, 3.63) is 35.7 Å². The molecule has 0 spiro atoms. The minimum Gasteiger partial charge on any atom is -0.376 e. The van der Waals surface area contributed by atoms with Crippen LogP contribution >= 0.6 is 0 Å². The number of nitrogens with zero attached hydrogens (tertiary/aromatic N) is 2. The summed E-state index contributed by atoms with van der Waals surface area (Å²) in [4.78, 5) is 16.6. The smallest absolute Gasteiger partial charge is 0.257 e. The van der Waals surface area contributed by atoms with Gasteiger partial charge in [-0.1, -0.05) is 11.2 Å². The average Bonchev–Trinajstić information content (AvgIpc) is 3.15. The van der Waals surface area contributed by atoms with Gasteiger partial charge in [-0.05, 0) is 31.9 Å². The monoisotopic (exact) mass is 287 g/mol. The van der Waals surface area contributed by atoms with Gasteiger partial charge in [0.25, 0.3) is 5.91 Å². The summed E-state index contributed by atoms with van der Waals surface area (Å²) in [5, 5.41) is 6.84. The highest BCUT2D eigenvalue weighted by Gasteiger charge is 2.23. The lowest BCUT2D eigenvalue weighted by Crippen LogP contribution is -2.32. The Morgan fingerprint density at radius 2 is 2.38 bits per heavy atom. The van der Waals surface area contributed by atoms with Gasteiger partial charge in [0.15, 0.2) is 0 Å². The van der Waals surface area contributed by atoms with E-state index in [0.29, 0.717) is 29.3 Å². The SMILES string of the molecule is Cc1onc(-c2ccccn2)c1C(=O)NCC1CCCO1. The summed E-state index contributed by atoms with van der Waals surface area (Å²) in [6, 6.07) is 5.46. The van der Waals surface area contributed by atoms with Crippen LogP contribution in [-0.2, 0) is 4.74 Å². The van der Waals surface area contributed by atoms with Crippen molar-refractivity contribution < 1.29 is 14.1 Å². The zero-order chi connectivity index (χ0) is 14.7. The predicted octanol–water partition coefficient (Wildman–Crippen LogP) is 1.95. The molecule has 1 atom stereocenters. The molecule has 2 aromatic heterocycles. The van der Waals surface area contributed by atoms with E-state index in [2.05, 4.69) is 15.5 Å². The van der Waals surface area contributed by atoms with E-state index in [1.54, 1.807) is 19.2 Å². The van der Waals surface area contributed by atoms with Gasteiger partial charge in [0.2, 0.25) is 0 Å². The highest BCUT2D eigenvalue weighted by atomic mass is 16.5. The third-order valence-electron chi connectivity index (χ3n) is 3.51. The molecule has 1 unspecified atom stereocenters. The first-order valence-corrected chi connectivity index (χ1v) is 7.03. The lowest BCUT2D eigenvalue weighted by atomic mass is 10.1. The van der Waals surface area contributed by atoms with Crippen molar-refractivity contribution in [2.24, 2.45) is 0 Å². The maximum atomic E-state index is 12.4. The van der Waals surface area contributed by atoms with Crippen LogP contribution in [0.25, 0.3) is 11.4 Å². The summed E-state index contributed by atoms with van der Waals surface area (Å²) in [5.41, 5.74) is 1.53. The number of rotatable bonds is 4. The van der Waals surface area contributed by atoms with E-state index < -0.39 is 0 Å². The van der Waals surface area contributed by atoms with Crippen LogP contribution in [0.5, 0.6) is 0 Å². The Bertz CT molecular complexity index is 618. The molecule has 1 amide bonds. The van der Waals surface area contributed by atoms with Crippen LogP contribution in [0.3, 0.4) is 0 Å². The summed E-state index contributed by atoms with van der Waals surface area (Å²) < 4.78 is 10.7. The molecule has 0 radical (unpaired) electrons. The van der Waals surface area contributed by atoms with Crippen LogP contribution in [0.2, 0.25) is 0 Å². The van der Waals surface area contributed by atoms with Crippen LogP contribution in [0.4, 0.5) is 0 Å². The van der Waals surface area contributed by atoms with Crippen molar-refractivity contribution in [1.82, 2.24) is 15.5 Å². The summed E-state index contributed by atoms with van der Waals surface area (Å²) in [5.74, 6) is 0.283. The molecule has 0 aliphatic carbocycles. The van der Waals surface area contributed by atoms with Crippen LogP contribution < -0.4 is 5.32 Å². The van der Waals surface area contributed by atoms with Crippen LogP contribution in [0.15, 0.2) is 28.9 Å². The van der Waals surface area contributed by atoms with Crippen molar-refractivity contribution in [2.75, 3.05) is 13.2 Å². The molecule has 1 N–H and O–H groups in total. The minimum atomic E-state index is -0.204. The maximum Gasteiger partial charge on any atom is 0.257 e. The van der Waals surface area contributed by atoms with Gasteiger partial charge in [-0.2, -0.15) is 0 Å². The molecule has 0 bridgehead atoms. The average molecular weight is 287 g/mol. The fourth-order valence-electron chi connectivity index (χ4n) is 2.42. The molecular formula is C15H17N3O3. The van der Waals surface area contributed by atoms with Crippen LogP contribution in [0, 0.1) is 6.92 Å². The second kappa shape index (κ2) is 6.05. The first-order chi connectivity index (χ1) is 10.3. The molecule has 110 valence electrons. The highest BCUT2D eigenvalue weighted by Crippen LogP contribution is 2.23. The number of aromatic nitrogens is 2. The first kappa shape index (κ1) is 13.8. The van der Waals surface area contributed by atoms with E-state index in [1.165, 1.54) is 0 Å². The third kappa shape index (κ3) is 2.95. The zero-order valence-corrected chi connectivity index (χ0v) is 11.8. The normalized spacial score (nSPS) is 17.9. The summed E-state index contributed by atoms with van der Waals surface area (Å²) in [6.07, 6.45) is 3.79. The molecule has 1 fully saturated rings. The number of carbonyl (C=O) groups is 1. The molecule has 1 aliphatic heterocycles. The van der Waals surface area contributed by atoms with Gasteiger partial charge in [-0.15, -0.1) is 0 Å². The second-order valence-electron chi connectivity index (χ2n) is 5.02. The van der Waals surface area contributed by atoms with Crippen molar-refractivity contribution in [2.45, 2.75) is 25.9 Å². The Morgan fingerprint density at radius 3 is 3.10 bits per heavy atom. The Labute approximate surface area is 122 Å². The van der Waals surface area contributed by atoms with Gasteiger partial charge in [0.1, 0.15) is 17.0 Å². The highest BCUT2D eigenvalue weighted by molar-refractivity contribution is 6.00. The molecule has 1 saturated heterocycles. The Kier molecular flexibility index (Phi) is 3.96. The summed E-state index contributed by atoms with van der Waals surface area (Å²) >= 11 is 0. The number of nitrogens with one attached hydrogen (secondary N) is 1. The van der Waals surface area contributed by atoms with E-state index in [-0.39, 0.29) is 12.0 Å². The maximum absolute atomic E-state index is 12.4. The number of aryl methyl sites for hydroxylation is 1. The predicted molar refractivity (Wildman–Crippen MR) is 75.8 cm³/mol. The van der Waals surface area contributed by atoms with E-state index in [0.717, 1.165) is 19.4 Å². The van der Waals surface area contributed by atoms with Crippen molar-refractivity contribution in [1.29, 1.82) is 0 Å². The second-order valence-corrected chi connectivity index (χ2v) is 5.02. The van der Waals surface area contributed by atoms with Crippen molar-refractivity contribution in [3.63, 3.8) is 0 Å². The van der Waals surface area contributed by atoms with Crippen LogP contribution in [-0.4, -0.2) is 35.3 Å². The molecule has 3 rings (SSSR count). The number of ether oxygens (including phenoxy) is 1. The van der Waals surface area contributed by atoms with Crippen LogP contribution in [0.1, 0.15) is 29.0 Å². The van der Waals surface area contributed by atoms with Gasteiger partial charge in [0.05, 0.1) is 11.8 Å². The first-order valence-electron chi connectivity index (χ1n) is 7.03. The number of hydrogen-bond donors (Lipinski definition) is 1. The van der Waals surface area contributed by atoms with E-state index in [9.17, 15) is 4.79 Å². The Morgan fingerprint density at radius 1 is 1.48 bits per heavy atom. The van der Waals surface area contributed by atoms with Gasteiger partial charge in [-0.3, -0.25) is 9.78 Å². The fourth-order valence-corrected chi connectivity index (χ4v) is 2.42. The van der Waals surface area contributed by atoms with E-state index >= 15 is 0 Å². The molecule has 21 heavy (non-hydrogen) atoms. The molecular weight excluding hydrogens is 270 g/mol. The number of pyridine rings is 1. The lowest BCUT2D eigenvalue weighted by molar-refractivity contribution is 0.0857.